The molecule has 1 aromatic carbocycles. The number of piperidine rings is 7. The van der Waals surface area contributed by atoms with Gasteiger partial charge in [-0.15, -0.1) is 0 Å². The molecular formula is C103H188FN15O4. The third-order valence-electron chi connectivity index (χ3n) is 28.4. The number of likely N-dealkylation sites (N-methyl/N-ethyl adjacent to an activating group) is 2. The Morgan fingerprint density at radius 2 is 0.870 bits per heavy atom. The minimum Gasteiger partial charge on any atom is -0.383 e. The SMILES string of the molecule is CC(C)(C)C1CCN(c2cccc(F)c2)CC1.CC(C)(C)C1CCN(c2ccncn2)CC1.CC(C)(C)C1CCN(c2ncccn2)CC1.CC(CC#N)NC1CCC(C(C)C)C1.CN(C)C(=O)CN1CCC(C(C)(C)C)CC1.CN(C)C(=O)CN1CCCC(C(C)(C)C)C1.COCCN1CCC(C(C)(C)C)CC1.COCCN1CCCC(C(C)(C)C)C1. The van der Waals surface area contributed by atoms with E-state index in [9.17, 15) is 14.0 Å². The molecule has 8 aliphatic rings. The number of hydrogen-bond donors (Lipinski definition) is 1. The number of nitrogens with one attached hydrogen (secondary N) is 1. The van der Waals surface area contributed by atoms with E-state index in [1.54, 1.807) is 42.5 Å². The van der Waals surface area contributed by atoms with Crippen LogP contribution in [-0.4, -0.2) is 247 Å². The normalized spacial score (nSPS) is 21.7. The molecule has 20 heteroatoms. The molecule has 0 radical (unpaired) electrons. The summed E-state index contributed by atoms with van der Waals surface area (Å²) in [4.78, 5) is 60.1. The Morgan fingerprint density at radius 3 is 1.26 bits per heavy atom. The average Bonchev–Trinajstić information content (AvgIpc) is 1.07. The lowest BCUT2D eigenvalue weighted by Gasteiger charge is -2.39. The summed E-state index contributed by atoms with van der Waals surface area (Å²) in [6.07, 6.45) is 29.6. The van der Waals surface area contributed by atoms with Gasteiger partial charge < -0.3 is 49.1 Å². The van der Waals surface area contributed by atoms with Crippen LogP contribution in [0.5, 0.6) is 0 Å². The number of rotatable bonds is 17. The molecule has 1 N–H and O–H groups in total. The monoisotopic (exact) mass is 1720 g/mol. The molecule has 9 heterocycles. The first-order valence-electron chi connectivity index (χ1n) is 48.4. The quantitative estimate of drug-likeness (QED) is 0.135. The summed E-state index contributed by atoms with van der Waals surface area (Å²) in [5, 5.41) is 12.1. The maximum Gasteiger partial charge on any atom is 0.236 e. The number of likely N-dealkylation sites (tertiary alicyclic amines) is 4. The Kier molecular flexibility index (Phi) is 48.1. The van der Waals surface area contributed by atoms with Gasteiger partial charge in [-0.2, -0.15) is 5.26 Å². The zero-order chi connectivity index (χ0) is 92.1. The van der Waals surface area contributed by atoms with Crippen molar-refractivity contribution in [3.8, 4) is 6.07 Å². The van der Waals surface area contributed by atoms with Gasteiger partial charge >= 0.3 is 0 Å². The minimum absolute atomic E-state index is 0.138. The lowest BCUT2D eigenvalue weighted by atomic mass is 9.75. The van der Waals surface area contributed by atoms with E-state index in [1.165, 1.54) is 141 Å². The van der Waals surface area contributed by atoms with E-state index in [2.05, 4.69) is 232 Å². The van der Waals surface area contributed by atoms with Crippen LogP contribution in [0.1, 0.15) is 282 Å². The highest BCUT2D eigenvalue weighted by atomic mass is 19.1. The van der Waals surface area contributed by atoms with Gasteiger partial charge in [-0.3, -0.25) is 19.4 Å². The van der Waals surface area contributed by atoms with Gasteiger partial charge in [-0.1, -0.05) is 165 Å². The summed E-state index contributed by atoms with van der Waals surface area (Å²) >= 11 is 0. The fourth-order valence-corrected chi connectivity index (χ4v) is 18.9. The van der Waals surface area contributed by atoms with Gasteiger partial charge in [0, 0.05) is 144 Å². The molecule has 11 rings (SSSR count). The molecule has 0 bridgehead atoms. The van der Waals surface area contributed by atoms with Crippen LogP contribution in [0.4, 0.5) is 21.8 Å². The number of methoxy groups -OCH3 is 2. The summed E-state index contributed by atoms with van der Waals surface area (Å²) in [5.74, 6) is 9.69. The first-order chi connectivity index (χ1) is 57.4. The van der Waals surface area contributed by atoms with Gasteiger partial charge in [-0.25, -0.2) is 24.3 Å². The second-order valence-corrected chi connectivity index (χ2v) is 45.8. The second kappa shape index (κ2) is 53.7. The van der Waals surface area contributed by atoms with Crippen molar-refractivity contribution in [2.75, 3.05) is 188 Å². The maximum absolute atomic E-state index is 13.2. The fraction of sp³-hybridized carbons (Fsp3) is 0.835. The van der Waals surface area contributed by atoms with Crippen LogP contribution in [0.3, 0.4) is 0 Å². The fourth-order valence-electron chi connectivity index (χ4n) is 18.9. The lowest BCUT2D eigenvalue weighted by molar-refractivity contribution is -0.131. The van der Waals surface area contributed by atoms with Gasteiger partial charge in [0.05, 0.1) is 38.8 Å². The predicted octanol–water partition coefficient (Wildman–Crippen LogP) is 20.7. The molecule has 123 heavy (non-hydrogen) atoms. The summed E-state index contributed by atoms with van der Waals surface area (Å²) in [6, 6.07) is 14.0. The van der Waals surface area contributed by atoms with Crippen LogP contribution in [0.15, 0.2) is 61.3 Å². The number of nitriles is 1. The van der Waals surface area contributed by atoms with Crippen LogP contribution in [0.25, 0.3) is 0 Å². The van der Waals surface area contributed by atoms with Crippen LogP contribution in [0.2, 0.25) is 0 Å². The van der Waals surface area contributed by atoms with E-state index >= 15 is 0 Å². The molecule has 2 amide bonds. The number of hydrogen-bond acceptors (Lipinski definition) is 17. The molecule has 7 saturated heterocycles. The molecule has 8 fully saturated rings. The zero-order valence-electron chi connectivity index (χ0n) is 84.8. The average molecular weight is 1720 g/mol. The Balaban J connectivity index is 0.000000295. The Bertz CT molecular complexity index is 3250. The van der Waals surface area contributed by atoms with Crippen molar-refractivity contribution in [3.05, 3.63) is 67.1 Å². The predicted molar refractivity (Wildman–Crippen MR) is 518 cm³/mol. The number of nitrogens with zero attached hydrogens (tertiary/aromatic N) is 14. The van der Waals surface area contributed by atoms with E-state index < -0.39 is 0 Å². The van der Waals surface area contributed by atoms with Crippen LogP contribution >= 0.6 is 0 Å². The van der Waals surface area contributed by atoms with Crippen LogP contribution in [0, 0.1) is 108 Å². The number of carbonyl (C=O) groups is 2. The summed E-state index contributed by atoms with van der Waals surface area (Å²) in [7, 11) is 10.9. The van der Waals surface area contributed by atoms with Crippen molar-refractivity contribution in [2.24, 2.45) is 91.2 Å². The van der Waals surface area contributed by atoms with Crippen molar-refractivity contribution in [2.45, 2.75) is 294 Å². The van der Waals surface area contributed by atoms with Gasteiger partial charge in [0.1, 0.15) is 18.0 Å². The van der Waals surface area contributed by atoms with Crippen molar-refractivity contribution in [1.29, 1.82) is 5.26 Å². The van der Waals surface area contributed by atoms with Crippen molar-refractivity contribution < 1.29 is 23.5 Å². The van der Waals surface area contributed by atoms with E-state index in [0.29, 0.717) is 69.5 Å². The second-order valence-electron chi connectivity index (χ2n) is 45.8. The molecule has 5 unspecified atom stereocenters. The lowest BCUT2D eigenvalue weighted by Crippen LogP contribution is -2.45. The summed E-state index contributed by atoms with van der Waals surface area (Å²) in [5.41, 5.74) is 4.03. The Morgan fingerprint density at radius 1 is 0.472 bits per heavy atom. The Hall–Kier alpha value is -5.14. The maximum atomic E-state index is 13.2. The number of anilines is 3. The molecular weight excluding hydrogens is 1530 g/mol. The van der Waals surface area contributed by atoms with E-state index in [1.807, 2.05) is 65.0 Å². The standard InChI is InChI=1S/C15H22FN.2C13H21N3.2C13H26N2O.C12H22N2.2C12H25NO/c1-15(2,3)12-7-9-17(10-8-12)14-6-4-5-13(16)11-14;1-13(2,3)11-5-8-16(9-6-11)12-4-7-14-10-15-12;1-13(2,3)11-5-9-16(10-6-11)12-14-7-4-8-15-12;1-13(2,3)11-6-8-15(9-7-11)10-12(16)14(4)5;1-13(2,3)11-7-6-8-15(9-11)10-12(16)14(4)5;1-9(2)11-4-5-12(8-11)14-10(3)6-7-13;1-12(2,3)11-5-7-13(8-6-11)9-10-14-4;1-12(2,3)11-6-5-7-13(10-11)8-9-14-4/h4-6,11-12H,7-10H2,1-3H3;4,7,10-11H,5-6,8-9H2,1-3H3;4,7-8,11H,5-6,9-10H2,1-3H3;2*11H,6-10H2,1-5H3;9-12,14H,4-6,8H2,1-3H3;2*11H,5-10H2,1-4H3. The number of benzene rings is 1. The van der Waals surface area contributed by atoms with E-state index in [0.717, 1.165) is 162 Å². The molecule has 19 nitrogen and oxygen atoms in total. The van der Waals surface area contributed by atoms with Gasteiger partial charge in [0.25, 0.3) is 0 Å². The molecule has 0 spiro atoms. The smallest absolute Gasteiger partial charge is 0.236 e. The molecule has 706 valence electrons. The molecule has 1 saturated carbocycles. The zero-order valence-corrected chi connectivity index (χ0v) is 84.8. The number of halogens is 1. The summed E-state index contributed by atoms with van der Waals surface area (Å²) < 4.78 is 23.4. The number of ether oxygens (including phenoxy) is 2. The molecule has 5 atom stereocenters. The van der Waals surface area contributed by atoms with Crippen molar-refractivity contribution in [1.82, 2.24) is 54.7 Å². The first-order valence-corrected chi connectivity index (χ1v) is 48.4. The molecule has 7 aliphatic heterocycles. The third-order valence-corrected chi connectivity index (χ3v) is 28.4. The Labute approximate surface area is 754 Å². The van der Waals surface area contributed by atoms with Crippen LogP contribution in [-0.2, 0) is 19.1 Å². The first kappa shape index (κ1) is 110. The summed E-state index contributed by atoms with van der Waals surface area (Å²) in [6.45, 7) is 76.7. The highest BCUT2D eigenvalue weighted by molar-refractivity contribution is 5.78. The number of amides is 2. The minimum atomic E-state index is -0.138. The van der Waals surface area contributed by atoms with Crippen molar-refractivity contribution in [3.63, 3.8) is 0 Å². The van der Waals surface area contributed by atoms with E-state index in [4.69, 9.17) is 14.7 Å². The third kappa shape index (κ3) is 43.2. The highest BCUT2D eigenvalue weighted by Crippen LogP contribution is 2.41. The van der Waals surface area contributed by atoms with Gasteiger partial charge in [0.2, 0.25) is 17.8 Å². The van der Waals surface area contributed by atoms with Crippen LogP contribution < -0.4 is 20.0 Å². The topological polar surface area (TPSA) is 169 Å². The molecule has 2 aromatic heterocycles. The number of carbonyl (C=O) groups excluding carboxylic acids is 2. The van der Waals surface area contributed by atoms with Gasteiger partial charge in [-0.05, 0) is 277 Å². The van der Waals surface area contributed by atoms with E-state index in [-0.39, 0.29) is 17.6 Å². The number of aromatic nitrogens is 4. The van der Waals surface area contributed by atoms with Crippen molar-refractivity contribution >= 4 is 29.3 Å². The largest absolute Gasteiger partial charge is 0.383 e. The van der Waals surface area contributed by atoms with Gasteiger partial charge in [0.15, 0.2) is 0 Å². The molecule has 3 aromatic rings. The highest BCUT2D eigenvalue weighted by Gasteiger charge is 2.37. The molecule has 1 aliphatic carbocycles.